The monoisotopic (exact) mass is 578 g/mol. The van der Waals surface area contributed by atoms with Crippen molar-refractivity contribution in [3.63, 3.8) is 0 Å². The molecule has 4 aromatic carbocycles. The lowest BCUT2D eigenvalue weighted by Gasteiger charge is -2.24. The van der Waals surface area contributed by atoms with Crippen molar-refractivity contribution in [2.45, 2.75) is 32.6 Å². The number of fused-ring (bicyclic) bond motifs is 1. The summed E-state index contributed by atoms with van der Waals surface area (Å²) in [6.45, 7) is 10.3. The summed E-state index contributed by atoms with van der Waals surface area (Å²) in [4.78, 5) is 7.51. The van der Waals surface area contributed by atoms with E-state index in [1.807, 2.05) is 68.6 Å². The molecule has 0 amide bonds. The van der Waals surface area contributed by atoms with Crippen molar-refractivity contribution in [2.75, 3.05) is 31.1 Å². The highest BCUT2D eigenvalue weighted by atomic mass is 32.2. The van der Waals surface area contributed by atoms with Gasteiger partial charge >= 0.3 is 0 Å². The maximum Gasteiger partial charge on any atom is 0.243 e. The van der Waals surface area contributed by atoms with E-state index in [0.29, 0.717) is 18.8 Å². The topological polar surface area (TPSA) is 57.9 Å². The van der Waals surface area contributed by atoms with Crippen LogP contribution in [0.15, 0.2) is 113 Å². The van der Waals surface area contributed by atoms with E-state index in [-0.39, 0.29) is 4.90 Å². The smallest absolute Gasteiger partial charge is 0.243 e. The lowest BCUT2D eigenvalue weighted by Crippen LogP contribution is -2.30. The minimum Gasteiger partial charge on any atom is -0.370 e. The molecule has 0 fully saturated rings. The van der Waals surface area contributed by atoms with E-state index < -0.39 is 10.0 Å². The van der Waals surface area contributed by atoms with E-state index in [1.165, 1.54) is 4.31 Å². The van der Waals surface area contributed by atoms with E-state index in [4.69, 9.17) is 4.99 Å². The molecule has 0 atom stereocenters. The third-order valence-corrected chi connectivity index (χ3v) is 9.75. The Morgan fingerprint density at radius 1 is 0.738 bits per heavy atom. The first-order chi connectivity index (χ1) is 20.4. The Hall–Kier alpha value is -4.20. The normalized spacial score (nSPS) is 12.0. The molecule has 0 radical (unpaired) electrons. The molecule has 0 saturated carbocycles. The Morgan fingerprint density at radius 3 is 2.00 bits per heavy atom. The zero-order valence-electron chi connectivity index (χ0n) is 24.7. The number of nitrogens with zero attached hydrogens (tertiary/aromatic N) is 4. The molecule has 0 aliphatic rings. The molecule has 0 saturated heterocycles. The Bertz CT molecular complexity index is 1790. The van der Waals surface area contributed by atoms with Gasteiger partial charge in [0.15, 0.2) is 0 Å². The fourth-order valence-electron chi connectivity index (χ4n) is 5.57. The quantitative estimate of drug-likeness (QED) is 0.150. The van der Waals surface area contributed by atoms with Gasteiger partial charge in [-0.2, -0.15) is 4.31 Å². The van der Waals surface area contributed by atoms with E-state index in [0.717, 1.165) is 52.2 Å². The molecule has 0 aliphatic heterocycles. The van der Waals surface area contributed by atoms with Gasteiger partial charge in [-0.25, -0.2) is 8.42 Å². The maximum absolute atomic E-state index is 13.5. The average Bonchev–Trinajstić information content (AvgIpc) is 3.36. The number of hydrogen-bond acceptors (Lipinski definition) is 4. The first-order valence-electron chi connectivity index (χ1n) is 14.6. The average molecular weight is 579 g/mol. The number of sulfonamides is 1. The SMILES string of the molecule is CCN(CC)c1ccc(S(=O)(=O)N(CC)CC)cc1N=Cc1c(-c2ccccc2)n(-c2ccccc2)c2ccccc12. The second-order valence-electron chi connectivity index (χ2n) is 9.99. The van der Waals surface area contributed by atoms with Crippen LogP contribution in [-0.2, 0) is 10.0 Å². The van der Waals surface area contributed by atoms with Gasteiger partial charge in [0.2, 0.25) is 10.0 Å². The van der Waals surface area contributed by atoms with Gasteiger partial charge < -0.3 is 9.47 Å². The van der Waals surface area contributed by atoms with Crippen LogP contribution in [0.2, 0.25) is 0 Å². The van der Waals surface area contributed by atoms with E-state index in [2.05, 4.69) is 65.8 Å². The zero-order valence-corrected chi connectivity index (χ0v) is 25.6. The minimum atomic E-state index is -3.64. The van der Waals surface area contributed by atoms with Crippen LogP contribution in [0.25, 0.3) is 27.8 Å². The molecule has 0 unspecified atom stereocenters. The van der Waals surface area contributed by atoms with Crippen molar-refractivity contribution in [3.8, 4) is 16.9 Å². The summed E-state index contributed by atoms with van der Waals surface area (Å²) in [5.74, 6) is 0. The number of benzene rings is 4. The van der Waals surface area contributed by atoms with Gasteiger partial charge in [-0.05, 0) is 55.8 Å². The summed E-state index contributed by atoms with van der Waals surface area (Å²) in [7, 11) is -3.64. The molecule has 1 heterocycles. The molecular weight excluding hydrogens is 540 g/mol. The van der Waals surface area contributed by atoms with E-state index >= 15 is 0 Å². The number of anilines is 1. The standard InChI is InChI=1S/C35H38N4O2S/c1-5-37(6-2)34-24-23-29(42(40,41)38(7-3)8-4)25-32(34)36-26-31-30-21-15-16-22-33(30)39(28-19-13-10-14-20-28)35(31)27-17-11-9-12-18-27/h9-26H,5-8H2,1-4H3. The second-order valence-corrected chi connectivity index (χ2v) is 11.9. The van der Waals surface area contributed by atoms with Gasteiger partial charge in [-0.15, -0.1) is 0 Å². The van der Waals surface area contributed by atoms with Gasteiger partial charge in [0, 0.05) is 49.0 Å². The van der Waals surface area contributed by atoms with Crippen molar-refractivity contribution in [1.29, 1.82) is 0 Å². The summed E-state index contributed by atoms with van der Waals surface area (Å²) in [5.41, 5.74) is 6.74. The van der Waals surface area contributed by atoms with Crippen molar-refractivity contribution in [2.24, 2.45) is 4.99 Å². The molecule has 1 aromatic heterocycles. The van der Waals surface area contributed by atoms with Crippen LogP contribution in [0.1, 0.15) is 33.3 Å². The fourth-order valence-corrected chi connectivity index (χ4v) is 7.05. The lowest BCUT2D eigenvalue weighted by atomic mass is 10.1. The molecule has 0 bridgehead atoms. The predicted molar refractivity (Wildman–Crippen MR) is 176 cm³/mol. The molecule has 5 rings (SSSR count). The zero-order chi connectivity index (χ0) is 29.7. The third-order valence-electron chi connectivity index (χ3n) is 7.70. The van der Waals surface area contributed by atoms with Crippen LogP contribution < -0.4 is 4.90 Å². The van der Waals surface area contributed by atoms with E-state index in [9.17, 15) is 8.42 Å². The minimum absolute atomic E-state index is 0.254. The molecule has 42 heavy (non-hydrogen) atoms. The molecule has 0 spiro atoms. The van der Waals surface area contributed by atoms with Crippen LogP contribution in [0, 0.1) is 0 Å². The van der Waals surface area contributed by atoms with Crippen molar-refractivity contribution < 1.29 is 8.42 Å². The summed E-state index contributed by atoms with van der Waals surface area (Å²) in [6.07, 6.45) is 1.90. The van der Waals surface area contributed by atoms with Gasteiger partial charge in [0.05, 0.1) is 27.5 Å². The van der Waals surface area contributed by atoms with Crippen LogP contribution in [0.5, 0.6) is 0 Å². The Morgan fingerprint density at radius 2 is 1.36 bits per heavy atom. The Balaban J connectivity index is 1.77. The highest BCUT2D eigenvalue weighted by molar-refractivity contribution is 7.89. The molecular formula is C35H38N4O2S. The molecule has 6 nitrogen and oxygen atoms in total. The second kappa shape index (κ2) is 12.8. The summed E-state index contributed by atoms with van der Waals surface area (Å²) < 4.78 is 30.7. The summed E-state index contributed by atoms with van der Waals surface area (Å²) >= 11 is 0. The van der Waals surface area contributed by atoms with Crippen LogP contribution in [0.3, 0.4) is 0 Å². The highest BCUT2D eigenvalue weighted by Crippen LogP contribution is 2.37. The largest absolute Gasteiger partial charge is 0.370 e. The van der Waals surface area contributed by atoms with Crippen molar-refractivity contribution in [1.82, 2.24) is 8.87 Å². The number of hydrogen-bond donors (Lipinski definition) is 0. The predicted octanol–water partition coefficient (Wildman–Crippen LogP) is 7.92. The first-order valence-corrected chi connectivity index (χ1v) is 16.1. The maximum atomic E-state index is 13.5. The Labute approximate surface area is 249 Å². The van der Waals surface area contributed by atoms with Crippen LogP contribution in [0.4, 0.5) is 11.4 Å². The van der Waals surface area contributed by atoms with Crippen molar-refractivity contribution >= 4 is 38.5 Å². The molecule has 0 aliphatic carbocycles. The summed E-state index contributed by atoms with van der Waals surface area (Å²) in [6, 6.07) is 34.3. The molecule has 7 heteroatoms. The fraction of sp³-hybridized carbons (Fsp3) is 0.229. The van der Waals surface area contributed by atoms with E-state index in [1.54, 1.807) is 12.1 Å². The van der Waals surface area contributed by atoms with Crippen LogP contribution in [-0.4, -0.2) is 49.7 Å². The molecule has 0 N–H and O–H groups in total. The lowest BCUT2D eigenvalue weighted by molar-refractivity contribution is 0.445. The molecule has 5 aromatic rings. The Kier molecular flexibility index (Phi) is 8.90. The first kappa shape index (κ1) is 29.3. The van der Waals surface area contributed by atoms with Gasteiger partial charge in [-0.3, -0.25) is 4.99 Å². The van der Waals surface area contributed by atoms with Crippen molar-refractivity contribution in [3.05, 3.63) is 109 Å². The highest BCUT2D eigenvalue weighted by Gasteiger charge is 2.24. The number of aliphatic imine (C=N–C) groups is 1. The number of rotatable bonds is 11. The molecule has 216 valence electrons. The third kappa shape index (κ3) is 5.50. The number of para-hydroxylation sites is 2. The van der Waals surface area contributed by atoms with Gasteiger partial charge in [-0.1, -0.05) is 80.6 Å². The van der Waals surface area contributed by atoms with Gasteiger partial charge in [0.25, 0.3) is 0 Å². The van der Waals surface area contributed by atoms with Gasteiger partial charge in [0.1, 0.15) is 0 Å². The number of aromatic nitrogens is 1. The summed E-state index contributed by atoms with van der Waals surface area (Å²) in [5, 5.41) is 1.07. The van der Waals surface area contributed by atoms with Crippen LogP contribution >= 0.6 is 0 Å².